The minimum atomic E-state index is -1.08. The van der Waals surface area contributed by atoms with Crippen LogP contribution in [0.3, 0.4) is 0 Å². The molecule has 2 heterocycles. The Hall–Kier alpha value is -3.42. The number of carboxylic acid groups (broad SMARTS) is 1. The first-order valence-electron chi connectivity index (χ1n) is 10.5. The summed E-state index contributed by atoms with van der Waals surface area (Å²) in [6.07, 6.45) is 3.61. The van der Waals surface area contributed by atoms with Crippen molar-refractivity contribution in [2.45, 2.75) is 58.6 Å². The number of carboxylic acids is 1. The van der Waals surface area contributed by atoms with E-state index in [0.717, 1.165) is 37.1 Å². The fourth-order valence-electron chi connectivity index (χ4n) is 4.29. The lowest BCUT2D eigenvalue weighted by molar-refractivity contribution is 0.0697. The van der Waals surface area contributed by atoms with Gasteiger partial charge in [-0.25, -0.2) is 14.8 Å². The second-order valence-electron chi connectivity index (χ2n) is 8.15. The molecule has 31 heavy (non-hydrogen) atoms. The van der Waals surface area contributed by atoms with Crippen LogP contribution in [-0.4, -0.2) is 38.2 Å². The van der Waals surface area contributed by atoms with Crippen LogP contribution in [0.1, 0.15) is 53.1 Å². The van der Waals surface area contributed by atoms with Gasteiger partial charge in [-0.3, -0.25) is 4.98 Å². The summed E-state index contributed by atoms with van der Waals surface area (Å²) >= 11 is 0. The summed E-state index contributed by atoms with van der Waals surface area (Å²) < 4.78 is 6.29. The molecule has 2 aromatic heterocycles. The number of aryl methyl sites for hydroxylation is 3. The van der Waals surface area contributed by atoms with Gasteiger partial charge in [-0.2, -0.15) is 0 Å². The maximum absolute atomic E-state index is 11.6. The van der Waals surface area contributed by atoms with E-state index in [9.17, 15) is 9.90 Å². The zero-order valence-corrected chi connectivity index (χ0v) is 18.0. The molecule has 8 nitrogen and oxygen atoms in total. The van der Waals surface area contributed by atoms with Gasteiger partial charge >= 0.3 is 5.97 Å². The standard InChI is InChI=1S/C23H27N5O3/c1-12-11-13(2)26-23(25-12)28-15-7-9-16(10-8-15)31-18-6-4-5-17-20(18)21(24)19(22(29)30)14(3)27-17/h4-6,11,15-16H,7-10H2,1-3H3,(H2,24,27)(H,29,30)(H,25,26,28)/t15-,16-. The predicted octanol–water partition coefficient (Wildman–Crippen LogP) is 4.03. The summed E-state index contributed by atoms with van der Waals surface area (Å²) in [7, 11) is 0. The molecule has 0 amide bonds. The number of nitrogens with zero attached hydrogens (tertiary/aromatic N) is 3. The lowest BCUT2D eigenvalue weighted by atomic mass is 9.93. The molecule has 0 saturated heterocycles. The molecular formula is C23H27N5O3. The summed E-state index contributed by atoms with van der Waals surface area (Å²) in [5.74, 6) is 0.171. The van der Waals surface area contributed by atoms with E-state index < -0.39 is 5.97 Å². The normalized spacial score (nSPS) is 18.7. The van der Waals surface area contributed by atoms with Crippen LogP contribution in [0, 0.1) is 20.8 Å². The summed E-state index contributed by atoms with van der Waals surface area (Å²) in [6, 6.07) is 7.75. The molecule has 1 aliphatic rings. The predicted molar refractivity (Wildman–Crippen MR) is 120 cm³/mol. The van der Waals surface area contributed by atoms with Crippen LogP contribution in [0.25, 0.3) is 10.9 Å². The zero-order valence-electron chi connectivity index (χ0n) is 18.0. The van der Waals surface area contributed by atoms with E-state index in [-0.39, 0.29) is 17.4 Å². The number of carbonyl (C=O) groups is 1. The van der Waals surface area contributed by atoms with Gasteiger partial charge in [0.1, 0.15) is 11.3 Å². The van der Waals surface area contributed by atoms with Crippen molar-refractivity contribution in [3.05, 3.63) is 46.9 Å². The van der Waals surface area contributed by atoms with Crippen molar-refractivity contribution in [3.63, 3.8) is 0 Å². The fourth-order valence-corrected chi connectivity index (χ4v) is 4.29. The molecule has 3 aromatic rings. The number of nitrogen functional groups attached to an aromatic ring is 1. The number of hydrogen-bond acceptors (Lipinski definition) is 7. The first kappa shape index (κ1) is 20.8. The molecule has 1 fully saturated rings. The zero-order chi connectivity index (χ0) is 22.1. The Morgan fingerprint density at radius 2 is 1.77 bits per heavy atom. The number of anilines is 2. The second kappa shape index (κ2) is 8.37. The van der Waals surface area contributed by atoms with Crippen molar-refractivity contribution in [2.75, 3.05) is 11.1 Å². The van der Waals surface area contributed by atoms with Gasteiger partial charge in [0, 0.05) is 17.4 Å². The first-order valence-corrected chi connectivity index (χ1v) is 10.5. The molecule has 0 spiro atoms. The van der Waals surface area contributed by atoms with Crippen molar-refractivity contribution >= 4 is 28.5 Å². The average molecular weight is 422 g/mol. The smallest absolute Gasteiger partial charge is 0.339 e. The van der Waals surface area contributed by atoms with Crippen LogP contribution in [0.15, 0.2) is 24.3 Å². The van der Waals surface area contributed by atoms with E-state index in [1.165, 1.54) is 0 Å². The quantitative estimate of drug-likeness (QED) is 0.564. The van der Waals surface area contributed by atoms with E-state index >= 15 is 0 Å². The molecule has 0 unspecified atom stereocenters. The summed E-state index contributed by atoms with van der Waals surface area (Å²) in [5, 5.41) is 13.5. The number of nitrogens with one attached hydrogen (secondary N) is 1. The Bertz CT molecular complexity index is 1120. The molecule has 0 bridgehead atoms. The van der Waals surface area contributed by atoms with E-state index in [2.05, 4.69) is 20.3 Å². The van der Waals surface area contributed by atoms with Crippen molar-refractivity contribution in [3.8, 4) is 5.75 Å². The molecule has 4 rings (SSSR count). The number of nitrogens with two attached hydrogens (primary N) is 1. The highest BCUT2D eigenvalue weighted by Crippen LogP contribution is 2.35. The number of aromatic carboxylic acids is 1. The van der Waals surface area contributed by atoms with Crippen molar-refractivity contribution < 1.29 is 14.6 Å². The van der Waals surface area contributed by atoms with E-state index in [0.29, 0.717) is 34.3 Å². The Kier molecular flexibility index (Phi) is 5.63. The average Bonchev–Trinajstić information content (AvgIpc) is 2.68. The minimum Gasteiger partial charge on any atom is -0.490 e. The molecule has 4 N–H and O–H groups in total. The maximum atomic E-state index is 11.6. The van der Waals surface area contributed by atoms with Crippen molar-refractivity contribution in [1.29, 1.82) is 0 Å². The Morgan fingerprint density at radius 3 is 2.42 bits per heavy atom. The van der Waals surface area contributed by atoms with Crippen molar-refractivity contribution in [2.24, 2.45) is 0 Å². The minimum absolute atomic E-state index is 0.0257. The van der Waals surface area contributed by atoms with Gasteiger partial charge in [-0.05, 0) is 64.7 Å². The Labute approximate surface area is 180 Å². The van der Waals surface area contributed by atoms with E-state index in [1.807, 2.05) is 38.1 Å². The fraction of sp³-hybridized carbons (Fsp3) is 0.391. The van der Waals surface area contributed by atoms with Gasteiger partial charge in [0.2, 0.25) is 5.95 Å². The third-order valence-electron chi connectivity index (χ3n) is 5.69. The van der Waals surface area contributed by atoms with Crippen LogP contribution >= 0.6 is 0 Å². The maximum Gasteiger partial charge on any atom is 0.339 e. The monoisotopic (exact) mass is 421 g/mol. The SMILES string of the molecule is Cc1cc(C)nc(N[C@H]2CC[C@H](Oc3cccc4nc(C)c(C(=O)O)c(N)c34)CC2)n1. The number of benzene rings is 1. The third-order valence-corrected chi connectivity index (χ3v) is 5.69. The largest absolute Gasteiger partial charge is 0.490 e. The molecule has 0 atom stereocenters. The van der Waals surface area contributed by atoms with Gasteiger partial charge in [0.15, 0.2) is 0 Å². The molecule has 8 heteroatoms. The second-order valence-corrected chi connectivity index (χ2v) is 8.15. The lowest BCUT2D eigenvalue weighted by Gasteiger charge is -2.30. The van der Waals surface area contributed by atoms with Gasteiger partial charge in [-0.15, -0.1) is 0 Å². The van der Waals surface area contributed by atoms with Gasteiger partial charge in [0.25, 0.3) is 0 Å². The highest BCUT2D eigenvalue weighted by atomic mass is 16.5. The molecule has 0 aliphatic heterocycles. The molecule has 0 radical (unpaired) electrons. The number of fused-ring (bicyclic) bond motifs is 1. The topological polar surface area (TPSA) is 123 Å². The highest BCUT2D eigenvalue weighted by Gasteiger charge is 2.25. The Morgan fingerprint density at radius 1 is 1.10 bits per heavy atom. The van der Waals surface area contributed by atoms with Crippen LogP contribution in [-0.2, 0) is 0 Å². The summed E-state index contributed by atoms with van der Waals surface area (Å²) in [4.78, 5) is 25.0. The molecule has 1 aromatic carbocycles. The van der Waals surface area contributed by atoms with Gasteiger partial charge < -0.3 is 20.9 Å². The molecule has 162 valence electrons. The first-order chi connectivity index (χ1) is 14.8. The molecule has 1 aliphatic carbocycles. The van der Waals surface area contributed by atoms with Crippen molar-refractivity contribution in [1.82, 2.24) is 15.0 Å². The van der Waals surface area contributed by atoms with Crippen LogP contribution < -0.4 is 15.8 Å². The number of ether oxygens (including phenoxy) is 1. The van der Waals surface area contributed by atoms with Gasteiger partial charge in [-0.1, -0.05) is 6.07 Å². The number of aromatic nitrogens is 3. The number of hydrogen-bond donors (Lipinski definition) is 3. The summed E-state index contributed by atoms with van der Waals surface area (Å²) in [6.45, 7) is 5.58. The Balaban J connectivity index is 1.48. The van der Waals surface area contributed by atoms with Crippen LogP contribution in [0.2, 0.25) is 0 Å². The number of rotatable bonds is 5. The van der Waals surface area contributed by atoms with Gasteiger partial charge in [0.05, 0.1) is 28.4 Å². The summed E-state index contributed by atoms with van der Waals surface area (Å²) in [5.41, 5.74) is 9.40. The van der Waals surface area contributed by atoms with Crippen LogP contribution in [0.4, 0.5) is 11.6 Å². The molecule has 1 saturated carbocycles. The molecular weight excluding hydrogens is 394 g/mol. The van der Waals surface area contributed by atoms with Crippen LogP contribution in [0.5, 0.6) is 5.75 Å². The third kappa shape index (κ3) is 4.38. The lowest BCUT2D eigenvalue weighted by Crippen LogP contribution is -2.32. The van der Waals surface area contributed by atoms with E-state index in [1.54, 1.807) is 6.92 Å². The van der Waals surface area contributed by atoms with E-state index in [4.69, 9.17) is 10.5 Å². The highest BCUT2D eigenvalue weighted by molar-refractivity contribution is 6.06. The number of pyridine rings is 1.